The quantitative estimate of drug-likeness (QED) is 0.870. The summed E-state index contributed by atoms with van der Waals surface area (Å²) in [5.74, 6) is 0.385. The summed E-state index contributed by atoms with van der Waals surface area (Å²) >= 11 is 5.92. The maximum atomic E-state index is 12.3. The second kappa shape index (κ2) is 7.92. The van der Waals surface area contributed by atoms with E-state index in [0.29, 0.717) is 16.5 Å². The minimum absolute atomic E-state index is 0.238. The summed E-state index contributed by atoms with van der Waals surface area (Å²) in [6, 6.07) is 5.33. The summed E-state index contributed by atoms with van der Waals surface area (Å²) in [5, 5.41) is 3.49. The van der Waals surface area contributed by atoms with E-state index >= 15 is 0 Å². The zero-order valence-corrected chi connectivity index (χ0v) is 14.4. The third-order valence-corrected chi connectivity index (χ3v) is 3.76. The van der Waals surface area contributed by atoms with Gasteiger partial charge in [-0.1, -0.05) is 24.9 Å². The Kier molecular flexibility index (Phi) is 5.93. The molecular formula is C17H21ClN4O. The van der Waals surface area contributed by atoms with Crippen molar-refractivity contribution in [2.24, 2.45) is 0 Å². The lowest BCUT2D eigenvalue weighted by Gasteiger charge is -2.16. The van der Waals surface area contributed by atoms with Crippen LogP contribution < -0.4 is 10.2 Å². The number of carbonyl (C=O) groups excluding carboxylic acids is 1. The molecule has 1 N–H and O–H groups in total. The standard InChI is InChI=1S/C17H21ClN4O/c1-4-5-8-22(3)17-19-10-13(11-20-17)16(23)21-15-7-6-14(18)9-12(15)2/h6-7,9-11H,4-5,8H2,1-3H3,(H,21,23). The highest BCUT2D eigenvalue weighted by molar-refractivity contribution is 6.30. The Bertz CT molecular complexity index is 673. The van der Waals surface area contributed by atoms with Crippen LogP contribution in [0.3, 0.4) is 0 Å². The summed E-state index contributed by atoms with van der Waals surface area (Å²) in [5.41, 5.74) is 2.05. The molecule has 6 heteroatoms. The molecule has 1 amide bonds. The molecule has 0 aliphatic heterocycles. The number of benzene rings is 1. The number of carbonyl (C=O) groups is 1. The van der Waals surface area contributed by atoms with E-state index in [-0.39, 0.29) is 5.91 Å². The topological polar surface area (TPSA) is 58.1 Å². The maximum Gasteiger partial charge on any atom is 0.258 e. The lowest BCUT2D eigenvalue weighted by Crippen LogP contribution is -2.21. The largest absolute Gasteiger partial charge is 0.344 e. The predicted octanol–water partition coefficient (Wildman–Crippen LogP) is 3.93. The van der Waals surface area contributed by atoms with E-state index in [1.54, 1.807) is 30.6 Å². The van der Waals surface area contributed by atoms with Crippen LogP contribution in [0.25, 0.3) is 0 Å². The number of aromatic nitrogens is 2. The van der Waals surface area contributed by atoms with E-state index < -0.39 is 0 Å². The number of hydrogen-bond acceptors (Lipinski definition) is 4. The van der Waals surface area contributed by atoms with Crippen molar-refractivity contribution >= 4 is 29.1 Å². The Hall–Kier alpha value is -2.14. The van der Waals surface area contributed by atoms with Crippen LogP contribution in [0.15, 0.2) is 30.6 Å². The molecule has 0 spiro atoms. The van der Waals surface area contributed by atoms with Crippen LogP contribution in [0, 0.1) is 6.92 Å². The molecule has 2 rings (SSSR count). The summed E-state index contributed by atoms with van der Waals surface area (Å²) in [6.07, 6.45) is 5.29. The average molecular weight is 333 g/mol. The van der Waals surface area contributed by atoms with Crippen LogP contribution in [0.5, 0.6) is 0 Å². The second-order valence-electron chi connectivity index (χ2n) is 5.46. The normalized spacial score (nSPS) is 10.4. The molecule has 2 aromatic rings. The molecule has 5 nitrogen and oxygen atoms in total. The first-order valence-electron chi connectivity index (χ1n) is 7.62. The molecule has 1 aromatic heterocycles. The van der Waals surface area contributed by atoms with Gasteiger partial charge < -0.3 is 10.2 Å². The molecule has 0 saturated heterocycles. The van der Waals surface area contributed by atoms with Gasteiger partial charge in [-0.15, -0.1) is 0 Å². The van der Waals surface area contributed by atoms with Gasteiger partial charge in [0.25, 0.3) is 5.91 Å². The molecule has 0 fully saturated rings. The summed E-state index contributed by atoms with van der Waals surface area (Å²) in [4.78, 5) is 22.8. The maximum absolute atomic E-state index is 12.3. The first-order chi connectivity index (χ1) is 11.0. The highest BCUT2D eigenvalue weighted by Gasteiger charge is 2.10. The van der Waals surface area contributed by atoms with Crippen molar-refractivity contribution in [1.29, 1.82) is 0 Å². The molecule has 122 valence electrons. The van der Waals surface area contributed by atoms with Crippen molar-refractivity contribution in [2.75, 3.05) is 23.8 Å². The molecule has 0 radical (unpaired) electrons. The Morgan fingerprint density at radius 2 is 2.00 bits per heavy atom. The van der Waals surface area contributed by atoms with Crippen molar-refractivity contribution in [3.63, 3.8) is 0 Å². The Labute approximate surface area is 141 Å². The number of halogens is 1. The summed E-state index contributed by atoms with van der Waals surface area (Å²) < 4.78 is 0. The van der Waals surface area contributed by atoms with Crippen LogP contribution in [-0.4, -0.2) is 29.5 Å². The lowest BCUT2D eigenvalue weighted by atomic mass is 10.2. The van der Waals surface area contributed by atoms with Gasteiger partial charge in [0.05, 0.1) is 5.56 Å². The highest BCUT2D eigenvalue weighted by atomic mass is 35.5. The minimum Gasteiger partial charge on any atom is -0.344 e. The van der Waals surface area contributed by atoms with Gasteiger partial charge in [0.2, 0.25) is 5.95 Å². The second-order valence-corrected chi connectivity index (χ2v) is 5.90. The Morgan fingerprint density at radius 1 is 1.30 bits per heavy atom. The fourth-order valence-electron chi connectivity index (χ4n) is 2.09. The number of amides is 1. The van der Waals surface area contributed by atoms with Crippen LogP contribution >= 0.6 is 11.6 Å². The number of unbranched alkanes of at least 4 members (excludes halogenated alkanes) is 1. The van der Waals surface area contributed by atoms with Crippen molar-refractivity contribution in [1.82, 2.24) is 9.97 Å². The number of anilines is 2. The molecule has 0 atom stereocenters. The SMILES string of the molecule is CCCCN(C)c1ncc(C(=O)Nc2ccc(Cl)cc2C)cn1. The number of rotatable bonds is 6. The predicted molar refractivity (Wildman–Crippen MR) is 94.4 cm³/mol. The third-order valence-electron chi connectivity index (χ3n) is 3.53. The molecule has 1 aromatic carbocycles. The van der Waals surface area contributed by atoms with Crippen LogP contribution in [0.2, 0.25) is 5.02 Å². The van der Waals surface area contributed by atoms with Crippen LogP contribution in [-0.2, 0) is 0 Å². The zero-order valence-electron chi connectivity index (χ0n) is 13.6. The minimum atomic E-state index is -0.238. The van der Waals surface area contributed by atoms with Gasteiger partial charge in [0.1, 0.15) is 0 Å². The van der Waals surface area contributed by atoms with E-state index in [1.807, 2.05) is 18.9 Å². The van der Waals surface area contributed by atoms with Crippen LogP contribution in [0.4, 0.5) is 11.6 Å². The lowest BCUT2D eigenvalue weighted by molar-refractivity contribution is 0.102. The van der Waals surface area contributed by atoms with E-state index in [9.17, 15) is 4.79 Å². The monoisotopic (exact) mass is 332 g/mol. The fourth-order valence-corrected chi connectivity index (χ4v) is 2.32. The first kappa shape index (κ1) is 17.2. The van der Waals surface area contributed by atoms with E-state index in [4.69, 9.17) is 11.6 Å². The van der Waals surface area contributed by atoms with Gasteiger partial charge in [-0.25, -0.2) is 9.97 Å². The molecule has 23 heavy (non-hydrogen) atoms. The smallest absolute Gasteiger partial charge is 0.258 e. The number of aryl methyl sites for hydroxylation is 1. The van der Waals surface area contributed by atoms with Crippen molar-refractivity contribution in [3.8, 4) is 0 Å². The number of nitrogens with zero attached hydrogens (tertiary/aromatic N) is 3. The molecule has 0 bridgehead atoms. The molecule has 1 heterocycles. The molecule has 0 aliphatic rings. The van der Waals surface area contributed by atoms with Crippen LogP contribution in [0.1, 0.15) is 35.7 Å². The molecule has 0 unspecified atom stereocenters. The first-order valence-corrected chi connectivity index (χ1v) is 7.99. The highest BCUT2D eigenvalue weighted by Crippen LogP contribution is 2.20. The molecule has 0 aliphatic carbocycles. The third kappa shape index (κ3) is 4.66. The van der Waals surface area contributed by atoms with Gasteiger partial charge >= 0.3 is 0 Å². The summed E-state index contributed by atoms with van der Waals surface area (Å²) in [7, 11) is 1.95. The van der Waals surface area contributed by atoms with Gasteiger partial charge in [0.15, 0.2) is 0 Å². The molecular weight excluding hydrogens is 312 g/mol. The average Bonchev–Trinajstić information content (AvgIpc) is 2.55. The number of nitrogens with one attached hydrogen (secondary N) is 1. The zero-order chi connectivity index (χ0) is 16.8. The Morgan fingerprint density at radius 3 is 2.61 bits per heavy atom. The molecule has 0 saturated carbocycles. The van der Waals surface area contributed by atoms with Crippen molar-refractivity contribution in [3.05, 3.63) is 46.7 Å². The van der Waals surface area contributed by atoms with Gasteiger partial charge in [0, 0.05) is 36.7 Å². The van der Waals surface area contributed by atoms with Gasteiger partial charge in [-0.05, 0) is 37.1 Å². The summed E-state index contributed by atoms with van der Waals surface area (Å²) in [6.45, 7) is 4.93. The Balaban J connectivity index is 2.05. The van der Waals surface area contributed by atoms with Gasteiger partial charge in [-0.2, -0.15) is 0 Å². The van der Waals surface area contributed by atoms with E-state index in [1.165, 1.54) is 0 Å². The fraction of sp³-hybridized carbons (Fsp3) is 0.353. The van der Waals surface area contributed by atoms with E-state index in [2.05, 4.69) is 22.2 Å². The van der Waals surface area contributed by atoms with Crippen molar-refractivity contribution < 1.29 is 4.79 Å². The van der Waals surface area contributed by atoms with E-state index in [0.717, 1.165) is 30.6 Å². The van der Waals surface area contributed by atoms with Gasteiger partial charge in [-0.3, -0.25) is 4.79 Å². The number of hydrogen-bond donors (Lipinski definition) is 1. The van der Waals surface area contributed by atoms with Crippen molar-refractivity contribution in [2.45, 2.75) is 26.7 Å².